The van der Waals surface area contributed by atoms with Gasteiger partial charge in [-0.15, -0.1) is 0 Å². The van der Waals surface area contributed by atoms with Gasteiger partial charge in [0, 0.05) is 37.1 Å². The maximum atomic E-state index is 5.36. The van der Waals surface area contributed by atoms with Crippen LogP contribution in [0.5, 0.6) is 0 Å². The third kappa shape index (κ3) is 3.52. The van der Waals surface area contributed by atoms with Gasteiger partial charge in [0.1, 0.15) is 0 Å². The molecule has 1 fully saturated rings. The Kier molecular flexibility index (Phi) is 4.88. The monoisotopic (exact) mass is 400 g/mol. The first kappa shape index (κ1) is 18.7. The molecule has 1 unspecified atom stereocenters. The number of fused-ring (bicyclic) bond motifs is 1. The minimum absolute atomic E-state index is 0.103. The van der Waals surface area contributed by atoms with Crippen molar-refractivity contribution in [3.63, 3.8) is 0 Å². The summed E-state index contributed by atoms with van der Waals surface area (Å²) in [4.78, 5) is 18.9. The smallest absolute Gasteiger partial charge is 0.243 e. The van der Waals surface area contributed by atoms with Crippen LogP contribution in [0.2, 0.25) is 0 Å². The van der Waals surface area contributed by atoms with E-state index in [4.69, 9.17) is 14.5 Å². The number of para-hydroxylation sites is 1. The van der Waals surface area contributed by atoms with Crippen LogP contribution in [0.15, 0.2) is 59.1 Å². The number of rotatable bonds is 4. The number of nitrogens with zero attached hydrogens (tertiary/aromatic N) is 6. The van der Waals surface area contributed by atoms with Crippen LogP contribution in [-0.4, -0.2) is 51.2 Å². The summed E-state index contributed by atoms with van der Waals surface area (Å²) in [5.41, 5.74) is 3.06. The highest BCUT2D eigenvalue weighted by Crippen LogP contribution is 2.29. The average molecular weight is 400 g/mol. The highest BCUT2D eigenvalue weighted by atomic mass is 16.5. The lowest BCUT2D eigenvalue weighted by molar-refractivity contribution is 0.163. The zero-order valence-electron chi connectivity index (χ0n) is 17.2. The molecule has 1 aliphatic heterocycles. The molecule has 2 aromatic carbocycles. The van der Waals surface area contributed by atoms with E-state index in [9.17, 15) is 0 Å². The Bertz CT molecular complexity index is 1150. The topological polar surface area (TPSA) is 71.2 Å². The second kappa shape index (κ2) is 7.84. The lowest BCUT2D eigenvalue weighted by Gasteiger charge is -2.37. The first-order valence-electron chi connectivity index (χ1n) is 10.3. The molecule has 0 aliphatic carbocycles. The summed E-state index contributed by atoms with van der Waals surface area (Å²) in [6.07, 6.45) is 0. The van der Waals surface area contributed by atoms with Crippen LogP contribution in [-0.2, 0) is 0 Å². The average Bonchev–Trinajstić information content (AvgIpc) is 3.25. The summed E-state index contributed by atoms with van der Waals surface area (Å²) in [6.45, 7) is 7.44. The van der Waals surface area contributed by atoms with E-state index >= 15 is 0 Å². The molecule has 2 aromatic heterocycles. The van der Waals surface area contributed by atoms with Crippen molar-refractivity contribution in [1.29, 1.82) is 0 Å². The van der Waals surface area contributed by atoms with Gasteiger partial charge in [-0.2, -0.15) is 4.98 Å². The molecule has 152 valence electrons. The largest absolute Gasteiger partial charge is 0.338 e. The van der Waals surface area contributed by atoms with Crippen LogP contribution < -0.4 is 4.90 Å². The quantitative estimate of drug-likeness (QED) is 0.515. The number of benzene rings is 2. The fourth-order valence-corrected chi connectivity index (χ4v) is 3.97. The minimum Gasteiger partial charge on any atom is -0.338 e. The molecule has 0 amide bonds. The molecule has 7 nitrogen and oxygen atoms in total. The Balaban J connectivity index is 1.41. The van der Waals surface area contributed by atoms with Gasteiger partial charge in [-0.1, -0.05) is 53.7 Å². The highest BCUT2D eigenvalue weighted by Gasteiger charge is 2.27. The van der Waals surface area contributed by atoms with Crippen LogP contribution in [0, 0.1) is 6.92 Å². The van der Waals surface area contributed by atoms with Gasteiger partial charge >= 0.3 is 0 Å². The Hall–Kier alpha value is -3.32. The number of hydrogen-bond donors (Lipinski definition) is 0. The Labute approximate surface area is 175 Å². The van der Waals surface area contributed by atoms with Crippen LogP contribution in [0.1, 0.15) is 24.7 Å². The SMILES string of the molecule is Cc1noc(C(C)N2CCN(c3nc(-c4ccccc4)c4ccccc4n3)CC2)n1. The lowest BCUT2D eigenvalue weighted by atomic mass is 10.1. The summed E-state index contributed by atoms with van der Waals surface area (Å²) < 4.78 is 5.36. The van der Waals surface area contributed by atoms with Crippen LogP contribution >= 0.6 is 0 Å². The second-order valence-corrected chi connectivity index (χ2v) is 7.63. The maximum Gasteiger partial charge on any atom is 0.243 e. The molecule has 3 heterocycles. The predicted molar refractivity (Wildman–Crippen MR) is 116 cm³/mol. The molecular formula is C23H24N6O. The van der Waals surface area contributed by atoms with Gasteiger partial charge in [-0.25, -0.2) is 9.97 Å². The van der Waals surface area contributed by atoms with E-state index < -0.39 is 0 Å². The Morgan fingerprint density at radius 1 is 0.867 bits per heavy atom. The normalized spacial score (nSPS) is 16.1. The summed E-state index contributed by atoms with van der Waals surface area (Å²) in [7, 11) is 0. The van der Waals surface area contributed by atoms with Gasteiger partial charge in [0.05, 0.1) is 17.3 Å². The fraction of sp³-hybridized carbons (Fsp3) is 0.304. The van der Waals surface area contributed by atoms with Crippen molar-refractivity contribution in [3.8, 4) is 11.3 Å². The Morgan fingerprint density at radius 2 is 1.60 bits per heavy atom. The molecule has 30 heavy (non-hydrogen) atoms. The highest BCUT2D eigenvalue weighted by molar-refractivity contribution is 5.93. The molecule has 0 bridgehead atoms. The number of aryl methyl sites for hydroxylation is 1. The van der Waals surface area contributed by atoms with Gasteiger partial charge in [-0.3, -0.25) is 4.90 Å². The lowest BCUT2D eigenvalue weighted by Crippen LogP contribution is -2.47. The zero-order valence-corrected chi connectivity index (χ0v) is 17.2. The first-order chi connectivity index (χ1) is 14.7. The Morgan fingerprint density at radius 3 is 2.33 bits per heavy atom. The van der Waals surface area contributed by atoms with Crippen LogP contribution in [0.25, 0.3) is 22.2 Å². The predicted octanol–water partition coefficient (Wildman–Crippen LogP) is 3.87. The van der Waals surface area contributed by atoms with Crippen LogP contribution in [0.3, 0.4) is 0 Å². The van der Waals surface area contributed by atoms with E-state index in [-0.39, 0.29) is 6.04 Å². The van der Waals surface area contributed by atoms with Gasteiger partial charge < -0.3 is 9.42 Å². The van der Waals surface area contributed by atoms with Gasteiger partial charge in [0.15, 0.2) is 5.82 Å². The molecular weight excluding hydrogens is 376 g/mol. The van der Waals surface area contributed by atoms with E-state index in [1.807, 2.05) is 37.3 Å². The molecule has 0 spiro atoms. The van der Waals surface area contributed by atoms with Crippen molar-refractivity contribution >= 4 is 16.9 Å². The van der Waals surface area contributed by atoms with E-state index in [1.165, 1.54) is 0 Å². The van der Waals surface area contributed by atoms with Crippen LogP contribution in [0.4, 0.5) is 5.95 Å². The van der Waals surface area contributed by atoms with Crippen molar-refractivity contribution in [2.75, 3.05) is 31.1 Å². The van der Waals surface area contributed by atoms with Gasteiger partial charge in [0.2, 0.25) is 11.8 Å². The van der Waals surface area contributed by atoms with Gasteiger partial charge in [0.25, 0.3) is 0 Å². The molecule has 0 saturated carbocycles. The summed E-state index contributed by atoms with van der Waals surface area (Å²) in [5, 5.41) is 4.99. The van der Waals surface area contributed by atoms with E-state index in [0.29, 0.717) is 11.7 Å². The zero-order chi connectivity index (χ0) is 20.5. The second-order valence-electron chi connectivity index (χ2n) is 7.63. The van der Waals surface area contributed by atoms with Crippen molar-refractivity contribution in [2.45, 2.75) is 19.9 Å². The third-order valence-corrected chi connectivity index (χ3v) is 5.68. The van der Waals surface area contributed by atoms with Crippen molar-refractivity contribution in [2.24, 2.45) is 0 Å². The molecule has 0 radical (unpaired) electrons. The van der Waals surface area contributed by atoms with Crippen molar-refractivity contribution in [1.82, 2.24) is 25.0 Å². The number of aromatic nitrogens is 4. The maximum absolute atomic E-state index is 5.36. The molecule has 7 heteroatoms. The molecule has 1 aliphatic rings. The minimum atomic E-state index is 0.103. The number of anilines is 1. The van der Waals surface area contributed by atoms with E-state index in [2.05, 4.69) is 51.1 Å². The molecule has 1 atom stereocenters. The molecule has 1 saturated heterocycles. The van der Waals surface area contributed by atoms with Crippen molar-refractivity contribution in [3.05, 3.63) is 66.3 Å². The summed E-state index contributed by atoms with van der Waals surface area (Å²) >= 11 is 0. The number of piperazine rings is 1. The fourth-order valence-electron chi connectivity index (χ4n) is 3.97. The number of hydrogen-bond acceptors (Lipinski definition) is 7. The van der Waals surface area contributed by atoms with E-state index in [1.54, 1.807) is 0 Å². The van der Waals surface area contributed by atoms with Crippen molar-refractivity contribution < 1.29 is 4.52 Å². The third-order valence-electron chi connectivity index (χ3n) is 5.68. The first-order valence-corrected chi connectivity index (χ1v) is 10.3. The van der Waals surface area contributed by atoms with E-state index in [0.717, 1.165) is 54.3 Å². The molecule has 0 N–H and O–H groups in total. The molecule has 5 rings (SSSR count). The van der Waals surface area contributed by atoms with Gasteiger partial charge in [-0.05, 0) is 19.9 Å². The standard InChI is InChI=1S/C23H24N6O/c1-16(22-24-17(2)27-30-22)28-12-14-29(15-13-28)23-25-20-11-7-6-10-19(20)21(26-23)18-8-4-3-5-9-18/h3-11,16H,12-15H2,1-2H3. The summed E-state index contributed by atoms with van der Waals surface area (Å²) in [5.74, 6) is 2.14. The molecule has 4 aromatic rings. The summed E-state index contributed by atoms with van der Waals surface area (Å²) in [6, 6.07) is 18.6.